The number of ether oxygens (including phenoxy) is 2. The number of nitrogens with one attached hydrogen (secondary N) is 1. The molecule has 3 nitrogen and oxygen atoms in total. The number of para-hydroxylation sites is 1. The van der Waals surface area contributed by atoms with Gasteiger partial charge in [0.05, 0.1) is 11.1 Å². The van der Waals surface area contributed by atoms with Crippen LogP contribution in [0.4, 0.5) is 0 Å². The van der Waals surface area contributed by atoms with E-state index in [9.17, 15) is 0 Å². The highest BCUT2D eigenvalue weighted by Crippen LogP contribution is 2.29. The summed E-state index contributed by atoms with van der Waals surface area (Å²) in [4.78, 5) is 0. The maximum Gasteiger partial charge on any atom is 0.138 e. The van der Waals surface area contributed by atoms with Gasteiger partial charge in [-0.1, -0.05) is 26.0 Å². The Morgan fingerprint density at radius 3 is 2.68 bits per heavy atom. The first-order chi connectivity index (χ1) is 9.29. The Labute approximate surface area is 124 Å². The van der Waals surface area contributed by atoms with Gasteiger partial charge in [0.15, 0.2) is 0 Å². The standard InChI is InChI=1S/C15H24BrNO2/c1-3-8-17-12-13-6-5-7-14(16)15(13)19-11-10-18-9-4-2/h5-7,17H,3-4,8-12H2,1-2H3. The van der Waals surface area contributed by atoms with Crippen molar-refractivity contribution < 1.29 is 9.47 Å². The fraction of sp³-hybridized carbons (Fsp3) is 0.600. The molecule has 0 atom stereocenters. The van der Waals surface area contributed by atoms with Crippen LogP contribution in [0.5, 0.6) is 5.75 Å². The molecule has 0 bridgehead atoms. The summed E-state index contributed by atoms with van der Waals surface area (Å²) in [7, 11) is 0. The minimum atomic E-state index is 0.587. The van der Waals surface area contributed by atoms with E-state index in [0.29, 0.717) is 13.2 Å². The Balaban J connectivity index is 2.49. The lowest BCUT2D eigenvalue weighted by molar-refractivity contribution is 0.1000. The lowest BCUT2D eigenvalue weighted by Crippen LogP contribution is -2.15. The summed E-state index contributed by atoms with van der Waals surface area (Å²) in [5.74, 6) is 0.922. The van der Waals surface area contributed by atoms with Crippen molar-refractivity contribution in [1.82, 2.24) is 5.32 Å². The number of rotatable bonds is 10. The molecule has 0 amide bonds. The monoisotopic (exact) mass is 329 g/mol. The predicted octanol–water partition coefficient (Wildman–Crippen LogP) is 3.75. The quantitative estimate of drug-likeness (QED) is 0.663. The molecule has 4 heteroatoms. The van der Waals surface area contributed by atoms with Crippen LogP contribution < -0.4 is 10.1 Å². The summed E-state index contributed by atoms with van der Waals surface area (Å²) < 4.78 is 12.3. The third-order valence-corrected chi connectivity index (χ3v) is 3.24. The minimum absolute atomic E-state index is 0.587. The van der Waals surface area contributed by atoms with Gasteiger partial charge in [-0.2, -0.15) is 0 Å². The van der Waals surface area contributed by atoms with Crippen LogP contribution in [0.25, 0.3) is 0 Å². The SMILES string of the molecule is CCCNCc1cccc(Br)c1OCCOCCC. The molecule has 1 N–H and O–H groups in total. The summed E-state index contributed by atoms with van der Waals surface area (Å²) >= 11 is 3.55. The normalized spacial score (nSPS) is 10.7. The van der Waals surface area contributed by atoms with Gasteiger partial charge >= 0.3 is 0 Å². The van der Waals surface area contributed by atoms with Crippen LogP contribution in [0.1, 0.15) is 32.3 Å². The van der Waals surface area contributed by atoms with Crippen LogP contribution >= 0.6 is 15.9 Å². The second-order valence-corrected chi connectivity index (χ2v) is 5.22. The van der Waals surface area contributed by atoms with Gasteiger partial charge < -0.3 is 14.8 Å². The molecule has 0 aromatic heterocycles. The fourth-order valence-electron chi connectivity index (χ4n) is 1.70. The van der Waals surface area contributed by atoms with E-state index < -0.39 is 0 Å². The maximum absolute atomic E-state index is 5.83. The molecule has 0 saturated heterocycles. The van der Waals surface area contributed by atoms with Gasteiger partial charge in [0.25, 0.3) is 0 Å². The highest BCUT2D eigenvalue weighted by atomic mass is 79.9. The summed E-state index contributed by atoms with van der Waals surface area (Å²) in [5.41, 5.74) is 1.18. The molecular weight excluding hydrogens is 306 g/mol. The summed E-state index contributed by atoms with van der Waals surface area (Å²) in [5, 5.41) is 3.40. The Kier molecular flexibility index (Phi) is 8.88. The first-order valence-corrected chi connectivity index (χ1v) is 7.77. The van der Waals surface area contributed by atoms with Crippen LogP contribution in [0.3, 0.4) is 0 Å². The first kappa shape index (κ1) is 16.5. The average Bonchev–Trinajstić information content (AvgIpc) is 2.41. The van der Waals surface area contributed by atoms with E-state index in [-0.39, 0.29) is 0 Å². The molecule has 1 aromatic carbocycles. The molecule has 0 heterocycles. The highest BCUT2D eigenvalue weighted by molar-refractivity contribution is 9.10. The van der Waals surface area contributed by atoms with Crippen LogP contribution in [0, 0.1) is 0 Å². The summed E-state index contributed by atoms with van der Waals surface area (Å²) in [6.45, 7) is 8.14. The van der Waals surface area contributed by atoms with Gasteiger partial charge in [0.2, 0.25) is 0 Å². The number of hydrogen-bond acceptors (Lipinski definition) is 3. The van der Waals surface area contributed by atoms with Crippen LogP contribution in [0.15, 0.2) is 22.7 Å². The Bertz CT molecular complexity index is 358. The number of benzene rings is 1. The molecule has 0 aliphatic heterocycles. The second kappa shape index (κ2) is 10.2. The lowest BCUT2D eigenvalue weighted by atomic mass is 10.2. The zero-order valence-electron chi connectivity index (χ0n) is 11.9. The van der Waals surface area contributed by atoms with Gasteiger partial charge in [-0.05, 0) is 41.4 Å². The molecule has 0 unspecified atom stereocenters. The summed E-state index contributed by atoms with van der Waals surface area (Å²) in [6.07, 6.45) is 2.18. The van der Waals surface area contributed by atoms with Crippen molar-refractivity contribution in [2.75, 3.05) is 26.4 Å². The molecule has 108 valence electrons. The number of halogens is 1. The van der Waals surface area contributed by atoms with E-state index >= 15 is 0 Å². The smallest absolute Gasteiger partial charge is 0.138 e. The van der Waals surface area contributed by atoms with E-state index in [4.69, 9.17) is 9.47 Å². The molecule has 0 spiro atoms. The molecule has 0 aliphatic carbocycles. The largest absolute Gasteiger partial charge is 0.490 e. The molecule has 0 saturated carbocycles. The van der Waals surface area contributed by atoms with Gasteiger partial charge in [-0.25, -0.2) is 0 Å². The molecule has 1 aromatic rings. The van der Waals surface area contributed by atoms with Crippen molar-refractivity contribution in [3.8, 4) is 5.75 Å². The van der Waals surface area contributed by atoms with Crippen molar-refractivity contribution in [2.45, 2.75) is 33.2 Å². The van der Waals surface area contributed by atoms with Crippen molar-refractivity contribution in [3.63, 3.8) is 0 Å². The van der Waals surface area contributed by atoms with E-state index in [1.165, 1.54) is 5.56 Å². The zero-order chi connectivity index (χ0) is 13.9. The van der Waals surface area contributed by atoms with Crippen molar-refractivity contribution in [1.29, 1.82) is 0 Å². The van der Waals surface area contributed by atoms with E-state index in [2.05, 4.69) is 41.2 Å². The average molecular weight is 330 g/mol. The fourth-order valence-corrected chi connectivity index (χ4v) is 2.22. The van der Waals surface area contributed by atoms with Gasteiger partial charge in [-0.3, -0.25) is 0 Å². The van der Waals surface area contributed by atoms with E-state index in [0.717, 1.165) is 42.8 Å². The van der Waals surface area contributed by atoms with Gasteiger partial charge in [0, 0.05) is 18.7 Å². The van der Waals surface area contributed by atoms with Gasteiger partial charge in [0.1, 0.15) is 12.4 Å². The molecule has 0 radical (unpaired) electrons. The van der Waals surface area contributed by atoms with Crippen molar-refractivity contribution in [2.24, 2.45) is 0 Å². The Morgan fingerprint density at radius 2 is 1.95 bits per heavy atom. The van der Waals surface area contributed by atoms with Gasteiger partial charge in [-0.15, -0.1) is 0 Å². The maximum atomic E-state index is 5.83. The molecule has 0 aliphatic rings. The Hall–Kier alpha value is -0.580. The lowest BCUT2D eigenvalue weighted by Gasteiger charge is -2.14. The zero-order valence-corrected chi connectivity index (χ0v) is 13.5. The predicted molar refractivity (Wildman–Crippen MR) is 82.7 cm³/mol. The second-order valence-electron chi connectivity index (χ2n) is 4.37. The number of hydrogen-bond donors (Lipinski definition) is 1. The molecule has 19 heavy (non-hydrogen) atoms. The summed E-state index contributed by atoms with van der Waals surface area (Å²) in [6, 6.07) is 6.13. The highest BCUT2D eigenvalue weighted by Gasteiger charge is 2.07. The molecule has 1 rings (SSSR count). The first-order valence-electron chi connectivity index (χ1n) is 6.98. The van der Waals surface area contributed by atoms with Crippen molar-refractivity contribution >= 4 is 15.9 Å². The Morgan fingerprint density at radius 1 is 1.11 bits per heavy atom. The van der Waals surface area contributed by atoms with Crippen LogP contribution in [-0.4, -0.2) is 26.4 Å². The van der Waals surface area contributed by atoms with Crippen LogP contribution in [-0.2, 0) is 11.3 Å². The van der Waals surface area contributed by atoms with Crippen LogP contribution in [0.2, 0.25) is 0 Å². The molecule has 0 fully saturated rings. The van der Waals surface area contributed by atoms with E-state index in [1.54, 1.807) is 0 Å². The van der Waals surface area contributed by atoms with Crippen molar-refractivity contribution in [3.05, 3.63) is 28.2 Å². The third-order valence-electron chi connectivity index (χ3n) is 2.61. The van der Waals surface area contributed by atoms with E-state index in [1.807, 2.05) is 12.1 Å². The minimum Gasteiger partial charge on any atom is -0.490 e. The third kappa shape index (κ3) is 6.41. The molecular formula is C15H24BrNO2. The topological polar surface area (TPSA) is 30.5 Å².